The Kier molecular flexibility index (Phi) is 3.20. The van der Waals surface area contributed by atoms with Crippen molar-refractivity contribution in [1.82, 2.24) is 15.1 Å². The Morgan fingerprint density at radius 1 is 1.33 bits per heavy atom. The van der Waals surface area contributed by atoms with Crippen molar-refractivity contribution < 1.29 is 9.32 Å². The molecule has 0 unspecified atom stereocenters. The highest BCUT2D eigenvalue weighted by Crippen LogP contribution is 2.17. The number of nitrogens with one attached hydrogen (secondary N) is 2. The average Bonchev–Trinajstić information content (AvgIpc) is 2.71. The number of nitrogens with two attached hydrogens (primary N) is 1. The zero-order valence-electron chi connectivity index (χ0n) is 9.89. The summed E-state index contributed by atoms with van der Waals surface area (Å²) in [6.07, 6.45) is 2.66. The lowest BCUT2D eigenvalue weighted by Gasteiger charge is -2.02. The second-order valence-corrected chi connectivity index (χ2v) is 3.61. The van der Waals surface area contributed by atoms with E-state index in [0.717, 1.165) is 11.3 Å². The summed E-state index contributed by atoms with van der Waals surface area (Å²) in [6.45, 7) is 3.59. The SMILES string of the molecule is Cc1noc(NC(=O)c2cnc(NN)cn2)c1C. The quantitative estimate of drug-likeness (QED) is 0.538. The maximum atomic E-state index is 11.8. The highest BCUT2D eigenvalue weighted by atomic mass is 16.5. The largest absolute Gasteiger partial charge is 0.338 e. The zero-order valence-corrected chi connectivity index (χ0v) is 9.89. The van der Waals surface area contributed by atoms with Crippen molar-refractivity contribution in [2.45, 2.75) is 13.8 Å². The summed E-state index contributed by atoms with van der Waals surface area (Å²) in [5.41, 5.74) is 3.97. The van der Waals surface area contributed by atoms with Crippen LogP contribution in [0.5, 0.6) is 0 Å². The van der Waals surface area contributed by atoms with E-state index in [-0.39, 0.29) is 5.69 Å². The number of carbonyl (C=O) groups excluding carboxylic acids is 1. The third kappa shape index (κ3) is 2.28. The first kappa shape index (κ1) is 12.0. The summed E-state index contributed by atoms with van der Waals surface area (Å²) in [6, 6.07) is 0. The Balaban J connectivity index is 2.14. The number of aromatic nitrogens is 3. The van der Waals surface area contributed by atoms with Gasteiger partial charge in [0.1, 0.15) is 5.69 Å². The molecule has 0 aliphatic rings. The molecule has 2 aromatic heterocycles. The monoisotopic (exact) mass is 248 g/mol. The molecule has 2 aromatic rings. The molecule has 0 spiro atoms. The van der Waals surface area contributed by atoms with Gasteiger partial charge in [-0.1, -0.05) is 5.16 Å². The number of nitrogens with zero attached hydrogens (tertiary/aromatic N) is 3. The van der Waals surface area contributed by atoms with E-state index in [1.165, 1.54) is 12.4 Å². The molecule has 8 nitrogen and oxygen atoms in total. The first-order valence-electron chi connectivity index (χ1n) is 5.14. The first-order valence-corrected chi connectivity index (χ1v) is 5.14. The number of nitrogen functional groups attached to an aromatic ring is 1. The molecule has 0 saturated heterocycles. The molecule has 18 heavy (non-hydrogen) atoms. The van der Waals surface area contributed by atoms with E-state index in [4.69, 9.17) is 10.4 Å². The van der Waals surface area contributed by atoms with Crippen molar-refractivity contribution in [1.29, 1.82) is 0 Å². The average molecular weight is 248 g/mol. The molecule has 4 N–H and O–H groups in total. The first-order chi connectivity index (χ1) is 8.61. The summed E-state index contributed by atoms with van der Waals surface area (Å²) in [4.78, 5) is 19.6. The second-order valence-electron chi connectivity index (χ2n) is 3.61. The fourth-order valence-corrected chi connectivity index (χ4v) is 1.22. The summed E-state index contributed by atoms with van der Waals surface area (Å²) >= 11 is 0. The second kappa shape index (κ2) is 4.80. The van der Waals surface area contributed by atoms with E-state index in [2.05, 4.69) is 25.9 Å². The lowest BCUT2D eigenvalue weighted by molar-refractivity contribution is 0.101. The number of anilines is 2. The molecule has 1 amide bonds. The summed E-state index contributed by atoms with van der Waals surface area (Å²) < 4.78 is 4.97. The molecule has 0 fully saturated rings. The molecule has 2 rings (SSSR count). The number of rotatable bonds is 3. The van der Waals surface area contributed by atoms with E-state index in [0.29, 0.717) is 11.7 Å². The van der Waals surface area contributed by atoms with Crippen molar-refractivity contribution in [3.8, 4) is 0 Å². The normalized spacial score (nSPS) is 10.2. The van der Waals surface area contributed by atoms with Gasteiger partial charge in [-0.2, -0.15) is 0 Å². The van der Waals surface area contributed by atoms with Crippen LogP contribution in [0.15, 0.2) is 16.9 Å². The Hall–Kier alpha value is -2.48. The minimum Gasteiger partial charge on any atom is -0.338 e. The van der Waals surface area contributed by atoms with Gasteiger partial charge in [-0.05, 0) is 13.8 Å². The lowest BCUT2D eigenvalue weighted by Crippen LogP contribution is -2.15. The smallest absolute Gasteiger partial charge is 0.278 e. The number of hydrazine groups is 1. The van der Waals surface area contributed by atoms with Crippen molar-refractivity contribution in [3.63, 3.8) is 0 Å². The molecule has 94 valence electrons. The van der Waals surface area contributed by atoms with Crippen LogP contribution in [0.1, 0.15) is 21.7 Å². The molecule has 0 aromatic carbocycles. The van der Waals surface area contributed by atoms with Crippen LogP contribution in [-0.2, 0) is 0 Å². The van der Waals surface area contributed by atoms with Crippen LogP contribution in [0.3, 0.4) is 0 Å². The zero-order chi connectivity index (χ0) is 13.1. The Morgan fingerprint density at radius 2 is 2.11 bits per heavy atom. The molecular formula is C10H12N6O2. The van der Waals surface area contributed by atoms with E-state index in [1.54, 1.807) is 13.8 Å². The number of hydrogen-bond donors (Lipinski definition) is 3. The van der Waals surface area contributed by atoms with Gasteiger partial charge in [0, 0.05) is 5.56 Å². The molecule has 0 aliphatic carbocycles. The fraction of sp³-hybridized carbons (Fsp3) is 0.200. The molecule has 0 radical (unpaired) electrons. The predicted molar refractivity (Wildman–Crippen MR) is 63.8 cm³/mol. The van der Waals surface area contributed by atoms with Crippen LogP contribution < -0.4 is 16.6 Å². The number of hydrogen-bond acceptors (Lipinski definition) is 7. The fourth-order valence-electron chi connectivity index (χ4n) is 1.22. The van der Waals surface area contributed by atoms with Gasteiger partial charge in [0.2, 0.25) is 5.88 Å². The third-order valence-electron chi connectivity index (χ3n) is 2.42. The van der Waals surface area contributed by atoms with Crippen LogP contribution in [0.2, 0.25) is 0 Å². The standard InChI is InChI=1S/C10H12N6O2/c1-5-6(2)16-18-10(5)14-9(17)7-3-13-8(15-11)4-12-7/h3-4H,11H2,1-2H3,(H,13,15)(H,14,17). The Labute approximate surface area is 103 Å². The van der Waals surface area contributed by atoms with E-state index >= 15 is 0 Å². The van der Waals surface area contributed by atoms with Gasteiger partial charge in [-0.3, -0.25) is 10.1 Å². The third-order valence-corrected chi connectivity index (χ3v) is 2.42. The van der Waals surface area contributed by atoms with E-state index < -0.39 is 5.91 Å². The number of amides is 1. The van der Waals surface area contributed by atoms with Crippen molar-refractivity contribution in [2.75, 3.05) is 10.7 Å². The number of aryl methyl sites for hydroxylation is 1. The van der Waals surface area contributed by atoms with Gasteiger partial charge >= 0.3 is 0 Å². The molecular weight excluding hydrogens is 236 g/mol. The van der Waals surface area contributed by atoms with Gasteiger partial charge in [0.05, 0.1) is 18.1 Å². The topological polar surface area (TPSA) is 119 Å². The lowest BCUT2D eigenvalue weighted by atomic mass is 10.3. The van der Waals surface area contributed by atoms with Gasteiger partial charge < -0.3 is 9.95 Å². The minimum absolute atomic E-state index is 0.155. The maximum Gasteiger partial charge on any atom is 0.278 e. The van der Waals surface area contributed by atoms with Gasteiger partial charge in [0.25, 0.3) is 5.91 Å². The minimum atomic E-state index is -0.426. The molecule has 0 aliphatic heterocycles. The van der Waals surface area contributed by atoms with E-state index in [1.807, 2.05) is 0 Å². The van der Waals surface area contributed by atoms with Crippen LogP contribution in [0, 0.1) is 13.8 Å². The Bertz CT molecular complexity index is 562. The van der Waals surface area contributed by atoms with Crippen LogP contribution in [-0.4, -0.2) is 21.0 Å². The van der Waals surface area contributed by atoms with Crippen molar-refractivity contribution in [3.05, 3.63) is 29.3 Å². The molecule has 0 atom stereocenters. The Morgan fingerprint density at radius 3 is 2.61 bits per heavy atom. The highest BCUT2D eigenvalue weighted by Gasteiger charge is 2.14. The van der Waals surface area contributed by atoms with Crippen molar-refractivity contribution >= 4 is 17.6 Å². The van der Waals surface area contributed by atoms with Gasteiger partial charge in [-0.15, -0.1) is 0 Å². The molecule has 0 bridgehead atoms. The summed E-state index contributed by atoms with van der Waals surface area (Å²) in [5.74, 6) is 5.40. The molecule has 2 heterocycles. The predicted octanol–water partition coefficient (Wildman–Crippen LogP) is 0.619. The molecule has 8 heteroatoms. The van der Waals surface area contributed by atoms with Crippen LogP contribution >= 0.6 is 0 Å². The molecule has 0 saturated carbocycles. The van der Waals surface area contributed by atoms with Crippen LogP contribution in [0.25, 0.3) is 0 Å². The van der Waals surface area contributed by atoms with Crippen molar-refractivity contribution in [2.24, 2.45) is 5.84 Å². The highest BCUT2D eigenvalue weighted by molar-refractivity contribution is 6.02. The van der Waals surface area contributed by atoms with Crippen LogP contribution in [0.4, 0.5) is 11.7 Å². The summed E-state index contributed by atoms with van der Waals surface area (Å²) in [7, 11) is 0. The maximum absolute atomic E-state index is 11.8. The number of carbonyl (C=O) groups is 1. The van der Waals surface area contributed by atoms with Gasteiger partial charge in [-0.25, -0.2) is 15.8 Å². The van der Waals surface area contributed by atoms with E-state index in [9.17, 15) is 4.79 Å². The summed E-state index contributed by atoms with van der Waals surface area (Å²) in [5, 5.41) is 6.30. The van der Waals surface area contributed by atoms with Gasteiger partial charge in [0.15, 0.2) is 5.82 Å².